The van der Waals surface area contributed by atoms with E-state index < -0.39 is 0 Å². The summed E-state index contributed by atoms with van der Waals surface area (Å²) >= 11 is 9.49. The largest absolute Gasteiger partial charge is 0.271 e. The number of nitrogens with two attached hydrogens (primary N) is 1. The van der Waals surface area contributed by atoms with E-state index in [1.807, 2.05) is 24.3 Å². The molecule has 1 rings (SSSR count). The molecule has 0 bridgehead atoms. The van der Waals surface area contributed by atoms with Gasteiger partial charge < -0.3 is 0 Å². The zero-order chi connectivity index (χ0) is 10.6. The van der Waals surface area contributed by atoms with E-state index >= 15 is 0 Å². The smallest absolute Gasteiger partial charge is 0.0596 e. The van der Waals surface area contributed by atoms with Crippen molar-refractivity contribution in [2.45, 2.75) is 12.5 Å². The molecule has 0 fully saturated rings. The SMILES string of the molecule is C=CCC(NN)c1cccc(Br)c1Cl. The molecule has 2 nitrogen and oxygen atoms in total. The van der Waals surface area contributed by atoms with E-state index in [9.17, 15) is 0 Å². The third-order valence-electron chi connectivity index (χ3n) is 1.96. The van der Waals surface area contributed by atoms with Gasteiger partial charge in [-0.15, -0.1) is 6.58 Å². The molecular weight excluding hydrogens is 263 g/mol. The second kappa shape index (κ2) is 5.51. The summed E-state index contributed by atoms with van der Waals surface area (Å²) in [5.41, 5.74) is 3.69. The first-order chi connectivity index (χ1) is 6.70. The van der Waals surface area contributed by atoms with Gasteiger partial charge in [0, 0.05) is 4.47 Å². The average molecular weight is 276 g/mol. The molecule has 0 heterocycles. The molecule has 0 saturated carbocycles. The Labute approximate surface area is 97.2 Å². The fraction of sp³-hybridized carbons (Fsp3) is 0.200. The molecule has 0 saturated heterocycles. The summed E-state index contributed by atoms with van der Waals surface area (Å²) in [5.74, 6) is 5.44. The molecule has 0 aliphatic rings. The summed E-state index contributed by atoms with van der Waals surface area (Å²) in [6.45, 7) is 3.68. The Morgan fingerprint density at radius 2 is 2.36 bits per heavy atom. The van der Waals surface area contributed by atoms with Crippen molar-refractivity contribution in [3.8, 4) is 0 Å². The molecule has 0 aromatic heterocycles. The molecule has 0 amide bonds. The number of nitrogens with one attached hydrogen (secondary N) is 1. The van der Waals surface area contributed by atoms with Crippen LogP contribution in [-0.4, -0.2) is 0 Å². The lowest BCUT2D eigenvalue weighted by Crippen LogP contribution is -2.27. The van der Waals surface area contributed by atoms with Crippen molar-refractivity contribution in [1.82, 2.24) is 5.43 Å². The predicted molar refractivity (Wildman–Crippen MR) is 64.0 cm³/mol. The lowest BCUT2D eigenvalue weighted by Gasteiger charge is -2.16. The second-order valence-corrected chi connectivity index (χ2v) is 4.12. The number of rotatable bonds is 4. The zero-order valence-corrected chi connectivity index (χ0v) is 9.98. The van der Waals surface area contributed by atoms with Gasteiger partial charge in [0.05, 0.1) is 11.1 Å². The Morgan fingerprint density at radius 1 is 1.64 bits per heavy atom. The van der Waals surface area contributed by atoms with Crippen LogP contribution in [0.15, 0.2) is 35.3 Å². The van der Waals surface area contributed by atoms with Crippen molar-refractivity contribution < 1.29 is 0 Å². The van der Waals surface area contributed by atoms with Crippen LogP contribution in [-0.2, 0) is 0 Å². The molecule has 4 heteroatoms. The molecule has 3 N–H and O–H groups in total. The molecule has 1 unspecified atom stereocenters. The van der Waals surface area contributed by atoms with Crippen LogP contribution in [0.5, 0.6) is 0 Å². The first kappa shape index (κ1) is 11.7. The van der Waals surface area contributed by atoms with Crippen LogP contribution in [0.2, 0.25) is 5.02 Å². The van der Waals surface area contributed by atoms with Crippen molar-refractivity contribution in [3.05, 3.63) is 45.9 Å². The molecular formula is C10H12BrClN2. The Bertz CT molecular complexity index is 328. The Morgan fingerprint density at radius 3 is 2.93 bits per heavy atom. The van der Waals surface area contributed by atoms with E-state index in [4.69, 9.17) is 17.4 Å². The predicted octanol–water partition coefficient (Wildman–Crippen LogP) is 3.18. The monoisotopic (exact) mass is 274 g/mol. The number of hydrazine groups is 1. The van der Waals surface area contributed by atoms with Crippen LogP contribution < -0.4 is 11.3 Å². The van der Waals surface area contributed by atoms with Gasteiger partial charge in [-0.3, -0.25) is 11.3 Å². The van der Waals surface area contributed by atoms with Crippen molar-refractivity contribution in [1.29, 1.82) is 0 Å². The maximum absolute atomic E-state index is 6.13. The van der Waals surface area contributed by atoms with E-state index in [0.29, 0.717) is 5.02 Å². The van der Waals surface area contributed by atoms with Gasteiger partial charge in [0.1, 0.15) is 0 Å². The Hall–Kier alpha value is -0.350. The maximum Gasteiger partial charge on any atom is 0.0596 e. The minimum Gasteiger partial charge on any atom is -0.271 e. The molecule has 76 valence electrons. The molecule has 0 aliphatic heterocycles. The highest BCUT2D eigenvalue weighted by molar-refractivity contribution is 9.10. The summed E-state index contributed by atoms with van der Waals surface area (Å²) < 4.78 is 0.876. The van der Waals surface area contributed by atoms with Crippen molar-refractivity contribution >= 4 is 27.5 Å². The van der Waals surface area contributed by atoms with Crippen molar-refractivity contribution in [2.75, 3.05) is 0 Å². The molecule has 1 atom stereocenters. The molecule has 0 radical (unpaired) electrons. The Kier molecular flexibility index (Phi) is 4.62. The van der Waals surface area contributed by atoms with Crippen LogP contribution >= 0.6 is 27.5 Å². The summed E-state index contributed by atoms with van der Waals surface area (Å²) in [6.07, 6.45) is 2.55. The minimum atomic E-state index is 0.0116. The summed E-state index contributed by atoms with van der Waals surface area (Å²) in [7, 11) is 0. The van der Waals surface area contributed by atoms with Gasteiger partial charge in [-0.1, -0.05) is 29.8 Å². The lowest BCUT2D eigenvalue weighted by atomic mass is 10.0. The van der Waals surface area contributed by atoms with Crippen LogP contribution in [0.25, 0.3) is 0 Å². The normalized spacial score (nSPS) is 12.5. The molecule has 1 aromatic carbocycles. The highest BCUT2D eigenvalue weighted by Crippen LogP contribution is 2.31. The van der Waals surface area contributed by atoms with E-state index in [2.05, 4.69) is 27.9 Å². The Balaban J connectivity index is 3.03. The molecule has 14 heavy (non-hydrogen) atoms. The summed E-state index contributed by atoms with van der Waals surface area (Å²) in [4.78, 5) is 0. The fourth-order valence-corrected chi connectivity index (χ4v) is 1.88. The number of hydrogen-bond acceptors (Lipinski definition) is 2. The highest BCUT2D eigenvalue weighted by Gasteiger charge is 2.12. The molecule has 1 aromatic rings. The first-order valence-corrected chi connectivity index (χ1v) is 5.38. The lowest BCUT2D eigenvalue weighted by molar-refractivity contribution is 0.561. The fourth-order valence-electron chi connectivity index (χ4n) is 1.24. The second-order valence-electron chi connectivity index (χ2n) is 2.89. The van der Waals surface area contributed by atoms with Crippen LogP contribution in [0.3, 0.4) is 0 Å². The van der Waals surface area contributed by atoms with Gasteiger partial charge in [-0.25, -0.2) is 0 Å². The third kappa shape index (κ3) is 2.58. The van der Waals surface area contributed by atoms with Gasteiger partial charge >= 0.3 is 0 Å². The van der Waals surface area contributed by atoms with E-state index in [0.717, 1.165) is 16.5 Å². The van der Waals surface area contributed by atoms with Crippen molar-refractivity contribution in [2.24, 2.45) is 5.84 Å². The standard InChI is InChI=1S/C10H12BrClN2/c1-2-4-9(14-13)7-5-3-6-8(11)10(7)12/h2-3,5-6,9,14H,1,4,13H2. The number of benzene rings is 1. The van der Waals surface area contributed by atoms with Gasteiger partial charge in [0.2, 0.25) is 0 Å². The van der Waals surface area contributed by atoms with Gasteiger partial charge in [0.25, 0.3) is 0 Å². The van der Waals surface area contributed by atoms with E-state index in [-0.39, 0.29) is 6.04 Å². The minimum absolute atomic E-state index is 0.0116. The van der Waals surface area contributed by atoms with Crippen LogP contribution in [0, 0.1) is 0 Å². The highest BCUT2D eigenvalue weighted by atomic mass is 79.9. The molecule has 0 aliphatic carbocycles. The zero-order valence-electron chi connectivity index (χ0n) is 7.63. The van der Waals surface area contributed by atoms with Crippen LogP contribution in [0.1, 0.15) is 18.0 Å². The van der Waals surface area contributed by atoms with Gasteiger partial charge in [-0.2, -0.15) is 0 Å². The van der Waals surface area contributed by atoms with E-state index in [1.54, 1.807) is 0 Å². The first-order valence-electron chi connectivity index (χ1n) is 4.21. The number of hydrogen-bond donors (Lipinski definition) is 2. The van der Waals surface area contributed by atoms with Crippen LogP contribution in [0.4, 0.5) is 0 Å². The van der Waals surface area contributed by atoms with Gasteiger partial charge in [-0.05, 0) is 34.0 Å². The van der Waals surface area contributed by atoms with Crippen molar-refractivity contribution in [3.63, 3.8) is 0 Å². The van der Waals surface area contributed by atoms with Gasteiger partial charge in [0.15, 0.2) is 0 Å². The third-order valence-corrected chi connectivity index (χ3v) is 3.27. The summed E-state index contributed by atoms with van der Waals surface area (Å²) in [6, 6.07) is 5.78. The summed E-state index contributed by atoms with van der Waals surface area (Å²) in [5, 5.41) is 0.692. The maximum atomic E-state index is 6.13. The quantitative estimate of drug-likeness (QED) is 0.503. The topological polar surface area (TPSA) is 38.0 Å². The number of halogens is 2. The molecule has 0 spiro atoms. The van der Waals surface area contributed by atoms with E-state index in [1.165, 1.54) is 0 Å². The average Bonchev–Trinajstić information content (AvgIpc) is 2.19.